The van der Waals surface area contributed by atoms with Crippen LogP contribution in [0.3, 0.4) is 0 Å². The summed E-state index contributed by atoms with van der Waals surface area (Å²) in [4.78, 5) is 12.8. The lowest BCUT2D eigenvalue weighted by molar-refractivity contribution is -0.129. The number of piperidine rings is 1. The quantitative estimate of drug-likeness (QED) is 0.878. The fourth-order valence-corrected chi connectivity index (χ4v) is 3.39. The normalized spacial score (nSPS) is 19.3. The molecule has 1 N–H and O–H groups in total. The van der Waals surface area contributed by atoms with Crippen molar-refractivity contribution in [3.8, 4) is 5.75 Å². The number of ether oxygens (including phenoxy) is 1. The van der Waals surface area contributed by atoms with E-state index < -0.39 is 0 Å². The summed E-state index contributed by atoms with van der Waals surface area (Å²) < 4.78 is 6.35. The van der Waals surface area contributed by atoms with Crippen LogP contribution in [0.4, 0.5) is 0 Å². The van der Waals surface area contributed by atoms with Crippen LogP contribution in [0.1, 0.15) is 32.3 Å². The SMILES string of the molecule is COc1ccc(Br)cc1CC(=O)C(C)(C)C1CCCNC1. The Kier molecular flexibility index (Phi) is 5.44. The molecule has 1 saturated heterocycles. The molecule has 1 aliphatic heterocycles. The molecule has 1 aromatic rings. The van der Waals surface area contributed by atoms with Crippen molar-refractivity contribution in [2.45, 2.75) is 33.1 Å². The van der Waals surface area contributed by atoms with Crippen LogP contribution in [-0.4, -0.2) is 26.0 Å². The van der Waals surface area contributed by atoms with Crippen LogP contribution in [0.25, 0.3) is 0 Å². The summed E-state index contributed by atoms with van der Waals surface area (Å²) in [7, 11) is 1.65. The lowest BCUT2D eigenvalue weighted by Gasteiger charge is -2.36. The highest BCUT2D eigenvalue weighted by Gasteiger charge is 2.37. The number of carbonyl (C=O) groups is 1. The zero-order chi connectivity index (χ0) is 15.5. The average molecular weight is 354 g/mol. The second kappa shape index (κ2) is 6.93. The first-order valence-corrected chi connectivity index (χ1v) is 8.31. The summed E-state index contributed by atoms with van der Waals surface area (Å²) in [6.07, 6.45) is 2.70. The fraction of sp³-hybridized carbons (Fsp3) is 0.588. The van der Waals surface area contributed by atoms with Gasteiger partial charge < -0.3 is 10.1 Å². The highest BCUT2D eigenvalue weighted by atomic mass is 79.9. The molecule has 0 aromatic heterocycles. The highest BCUT2D eigenvalue weighted by molar-refractivity contribution is 9.10. The number of rotatable bonds is 5. The minimum Gasteiger partial charge on any atom is -0.496 e. The van der Waals surface area contributed by atoms with E-state index in [1.165, 1.54) is 0 Å². The Bertz CT molecular complexity index is 508. The molecule has 1 aromatic carbocycles. The van der Waals surface area contributed by atoms with Crippen molar-refractivity contribution in [3.05, 3.63) is 28.2 Å². The standard InChI is InChI=1S/C17H24BrNO2/c1-17(2,13-5-4-8-19-11-13)16(20)10-12-9-14(18)6-7-15(12)21-3/h6-7,9,13,19H,4-5,8,10-11H2,1-3H3. The topological polar surface area (TPSA) is 38.3 Å². The van der Waals surface area contributed by atoms with Gasteiger partial charge in [0, 0.05) is 21.9 Å². The second-order valence-corrected chi connectivity index (χ2v) is 7.24. The van der Waals surface area contributed by atoms with Crippen molar-refractivity contribution in [2.75, 3.05) is 20.2 Å². The van der Waals surface area contributed by atoms with Gasteiger partial charge >= 0.3 is 0 Å². The number of hydrogen-bond donors (Lipinski definition) is 1. The smallest absolute Gasteiger partial charge is 0.143 e. The summed E-state index contributed by atoms with van der Waals surface area (Å²) in [5.41, 5.74) is 0.648. The third kappa shape index (κ3) is 3.86. The number of benzene rings is 1. The van der Waals surface area contributed by atoms with Gasteiger partial charge in [-0.15, -0.1) is 0 Å². The van der Waals surface area contributed by atoms with E-state index in [9.17, 15) is 4.79 Å². The number of methoxy groups -OCH3 is 1. The Hall–Kier alpha value is -0.870. The molecule has 0 spiro atoms. The third-order valence-corrected chi connectivity index (χ3v) is 5.12. The zero-order valence-electron chi connectivity index (χ0n) is 13.0. The van der Waals surface area contributed by atoms with Crippen molar-refractivity contribution >= 4 is 21.7 Å². The second-order valence-electron chi connectivity index (χ2n) is 6.32. The van der Waals surface area contributed by atoms with Crippen LogP contribution in [-0.2, 0) is 11.2 Å². The predicted molar refractivity (Wildman–Crippen MR) is 88.8 cm³/mol. The van der Waals surface area contributed by atoms with Crippen LogP contribution in [0.15, 0.2) is 22.7 Å². The van der Waals surface area contributed by atoms with Gasteiger partial charge in [-0.25, -0.2) is 0 Å². The Morgan fingerprint density at radius 1 is 1.48 bits per heavy atom. The van der Waals surface area contributed by atoms with Crippen LogP contribution < -0.4 is 10.1 Å². The maximum Gasteiger partial charge on any atom is 0.143 e. The molecule has 0 aliphatic carbocycles. The van der Waals surface area contributed by atoms with E-state index in [-0.39, 0.29) is 11.2 Å². The van der Waals surface area contributed by atoms with E-state index in [1.54, 1.807) is 7.11 Å². The highest BCUT2D eigenvalue weighted by Crippen LogP contribution is 2.35. The van der Waals surface area contributed by atoms with E-state index in [0.29, 0.717) is 12.3 Å². The van der Waals surface area contributed by atoms with E-state index in [4.69, 9.17) is 4.74 Å². The van der Waals surface area contributed by atoms with Gasteiger partial charge in [0.15, 0.2) is 0 Å². The van der Waals surface area contributed by atoms with Crippen molar-refractivity contribution in [2.24, 2.45) is 11.3 Å². The average Bonchev–Trinajstić information content (AvgIpc) is 2.48. The summed E-state index contributed by atoms with van der Waals surface area (Å²) in [6, 6.07) is 5.82. The molecule has 4 heteroatoms. The Morgan fingerprint density at radius 3 is 2.86 bits per heavy atom. The van der Waals surface area contributed by atoms with Gasteiger partial charge in [-0.3, -0.25) is 4.79 Å². The fourth-order valence-electron chi connectivity index (χ4n) is 2.98. The molecule has 116 valence electrons. The molecule has 1 fully saturated rings. The lowest BCUT2D eigenvalue weighted by atomic mass is 9.71. The van der Waals surface area contributed by atoms with Gasteiger partial charge in [0.1, 0.15) is 11.5 Å². The van der Waals surface area contributed by atoms with Crippen molar-refractivity contribution < 1.29 is 9.53 Å². The molecule has 0 saturated carbocycles. The van der Waals surface area contributed by atoms with E-state index in [0.717, 1.165) is 41.7 Å². The number of Topliss-reactive ketones (excluding diaryl/α,β-unsaturated/α-hetero) is 1. The molecule has 2 rings (SSSR count). The lowest BCUT2D eigenvalue weighted by Crippen LogP contribution is -2.43. The number of hydrogen-bond acceptors (Lipinski definition) is 3. The van der Waals surface area contributed by atoms with Crippen molar-refractivity contribution in [3.63, 3.8) is 0 Å². The molecule has 1 unspecified atom stereocenters. The first-order valence-electron chi connectivity index (χ1n) is 7.51. The molecule has 21 heavy (non-hydrogen) atoms. The summed E-state index contributed by atoms with van der Waals surface area (Å²) in [6.45, 7) is 6.17. The predicted octanol–water partition coefficient (Wildman–Crippen LogP) is 3.60. The summed E-state index contributed by atoms with van der Waals surface area (Å²) in [5.74, 6) is 1.48. The molecule has 1 atom stereocenters. The third-order valence-electron chi connectivity index (χ3n) is 4.63. The first kappa shape index (κ1) is 16.5. The van der Waals surface area contributed by atoms with Crippen molar-refractivity contribution in [1.82, 2.24) is 5.32 Å². The van der Waals surface area contributed by atoms with Crippen LogP contribution in [0.5, 0.6) is 5.75 Å². The summed E-state index contributed by atoms with van der Waals surface area (Å²) in [5, 5.41) is 3.41. The Morgan fingerprint density at radius 2 is 2.24 bits per heavy atom. The van der Waals surface area contributed by atoms with Crippen LogP contribution in [0, 0.1) is 11.3 Å². The minimum absolute atomic E-state index is 0.285. The van der Waals surface area contributed by atoms with Crippen molar-refractivity contribution in [1.29, 1.82) is 0 Å². The van der Waals surface area contributed by atoms with Gasteiger partial charge in [0.2, 0.25) is 0 Å². The Balaban J connectivity index is 2.14. The van der Waals surface area contributed by atoms with Gasteiger partial charge in [0.25, 0.3) is 0 Å². The van der Waals surface area contributed by atoms with E-state index in [1.807, 2.05) is 18.2 Å². The molecule has 3 nitrogen and oxygen atoms in total. The number of carbonyl (C=O) groups excluding carboxylic acids is 1. The zero-order valence-corrected chi connectivity index (χ0v) is 14.6. The van der Waals surface area contributed by atoms with E-state index in [2.05, 4.69) is 35.1 Å². The van der Waals surface area contributed by atoms with Crippen LogP contribution in [0.2, 0.25) is 0 Å². The molecule has 0 bridgehead atoms. The Labute approximate surface area is 135 Å². The van der Waals surface area contributed by atoms with Gasteiger partial charge in [-0.05, 0) is 50.0 Å². The molecule has 1 heterocycles. The number of halogens is 1. The molecular formula is C17H24BrNO2. The molecule has 0 radical (unpaired) electrons. The van der Waals surface area contributed by atoms with E-state index >= 15 is 0 Å². The number of nitrogens with one attached hydrogen (secondary N) is 1. The molecule has 0 amide bonds. The maximum absolute atomic E-state index is 12.8. The van der Waals surface area contributed by atoms with Gasteiger partial charge in [-0.1, -0.05) is 29.8 Å². The largest absolute Gasteiger partial charge is 0.496 e. The molecular weight excluding hydrogens is 330 g/mol. The summed E-state index contributed by atoms with van der Waals surface area (Å²) >= 11 is 3.47. The minimum atomic E-state index is -0.305. The number of ketones is 1. The molecule has 1 aliphatic rings. The van der Waals surface area contributed by atoms with Crippen LogP contribution >= 0.6 is 15.9 Å². The van der Waals surface area contributed by atoms with Gasteiger partial charge in [0.05, 0.1) is 7.11 Å². The first-order chi connectivity index (χ1) is 9.95. The monoisotopic (exact) mass is 353 g/mol. The maximum atomic E-state index is 12.8. The van der Waals surface area contributed by atoms with Gasteiger partial charge in [-0.2, -0.15) is 0 Å².